The molecule has 4 rings (SSSR count). The van der Waals surface area contributed by atoms with Gasteiger partial charge in [-0.3, -0.25) is 14.7 Å². The molecular weight excluding hydrogens is 356 g/mol. The molecule has 1 aromatic carbocycles. The van der Waals surface area contributed by atoms with Gasteiger partial charge in [0.25, 0.3) is 5.91 Å². The van der Waals surface area contributed by atoms with Gasteiger partial charge >= 0.3 is 6.09 Å². The lowest BCUT2D eigenvalue weighted by molar-refractivity contribution is 0.0941. The molecule has 0 saturated heterocycles. The number of benzene rings is 1. The molecule has 0 fully saturated rings. The van der Waals surface area contributed by atoms with Gasteiger partial charge in [-0.1, -0.05) is 24.3 Å². The summed E-state index contributed by atoms with van der Waals surface area (Å²) >= 11 is 0. The summed E-state index contributed by atoms with van der Waals surface area (Å²) in [6.07, 6.45) is 3.00. The second-order valence-corrected chi connectivity index (χ2v) is 6.52. The van der Waals surface area contributed by atoms with E-state index in [-0.39, 0.29) is 5.91 Å². The molecule has 1 aliphatic rings. The maximum Gasteiger partial charge on any atom is 0.414 e. The van der Waals surface area contributed by atoms with E-state index in [0.717, 1.165) is 22.5 Å². The Kier molecular flexibility index (Phi) is 4.80. The summed E-state index contributed by atoms with van der Waals surface area (Å²) in [5.41, 5.74) is 4.10. The monoisotopic (exact) mass is 376 g/mol. The minimum Gasteiger partial charge on any atom is -0.452 e. The first-order valence-corrected chi connectivity index (χ1v) is 8.96. The van der Waals surface area contributed by atoms with Crippen LogP contribution >= 0.6 is 0 Å². The first-order valence-electron chi connectivity index (χ1n) is 8.96. The Morgan fingerprint density at radius 2 is 1.96 bits per heavy atom. The first-order chi connectivity index (χ1) is 13.7. The lowest BCUT2D eigenvalue weighted by Gasteiger charge is -2.20. The zero-order valence-corrected chi connectivity index (χ0v) is 15.5. The van der Waals surface area contributed by atoms with E-state index >= 15 is 0 Å². The Hall–Kier alpha value is -3.61. The van der Waals surface area contributed by atoms with Crippen LogP contribution in [0.5, 0.6) is 0 Å². The zero-order chi connectivity index (χ0) is 19.5. The maximum atomic E-state index is 12.8. The van der Waals surface area contributed by atoms with E-state index in [0.29, 0.717) is 25.3 Å². The Morgan fingerprint density at radius 1 is 1.11 bits per heavy atom. The van der Waals surface area contributed by atoms with E-state index in [2.05, 4.69) is 10.3 Å². The maximum absolute atomic E-state index is 12.8. The number of rotatable bonds is 3. The van der Waals surface area contributed by atoms with Crippen LogP contribution in [0.15, 0.2) is 60.9 Å². The SMILES string of the molecule is COC(=O)N1Cc2ccc(C(=O)NCc3cccnc3)n2Cc2ccccc21. The van der Waals surface area contributed by atoms with Gasteiger partial charge in [-0.25, -0.2) is 4.79 Å². The van der Waals surface area contributed by atoms with Crippen molar-refractivity contribution >= 4 is 17.7 Å². The molecule has 2 aromatic heterocycles. The lowest BCUT2D eigenvalue weighted by atomic mass is 10.1. The molecule has 7 heteroatoms. The number of ether oxygens (including phenoxy) is 1. The number of carbonyl (C=O) groups is 2. The third-order valence-corrected chi connectivity index (χ3v) is 4.81. The second-order valence-electron chi connectivity index (χ2n) is 6.52. The summed E-state index contributed by atoms with van der Waals surface area (Å²) in [6, 6.07) is 15.1. The van der Waals surface area contributed by atoms with E-state index in [1.165, 1.54) is 7.11 Å². The van der Waals surface area contributed by atoms with Gasteiger partial charge in [0.1, 0.15) is 5.69 Å². The van der Waals surface area contributed by atoms with Crippen molar-refractivity contribution in [3.8, 4) is 0 Å². The van der Waals surface area contributed by atoms with Crippen molar-refractivity contribution in [3.05, 3.63) is 83.4 Å². The molecule has 0 unspecified atom stereocenters. The normalized spacial score (nSPS) is 12.5. The fraction of sp³-hybridized carbons (Fsp3) is 0.190. The van der Waals surface area contributed by atoms with E-state index in [9.17, 15) is 9.59 Å². The number of nitrogens with one attached hydrogen (secondary N) is 1. The van der Waals surface area contributed by atoms with Gasteiger partial charge < -0.3 is 14.6 Å². The Bertz CT molecular complexity index is 1010. The van der Waals surface area contributed by atoms with Gasteiger partial charge in [-0.15, -0.1) is 0 Å². The third kappa shape index (κ3) is 3.34. The topological polar surface area (TPSA) is 76.5 Å². The van der Waals surface area contributed by atoms with Gasteiger partial charge in [0.2, 0.25) is 0 Å². The number of aromatic nitrogens is 2. The van der Waals surface area contributed by atoms with E-state index < -0.39 is 6.09 Å². The van der Waals surface area contributed by atoms with Crippen molar-refractivity contribution < 1.29 is 14.3 Å². The molecule has 0 aliphatic carbocycles. The smallest absolute Gasteiger partial charge is 0.414 e. The standard InChI is InChI=1S/C21H20N4O3/c1-28-21(27)25-14-17-8-9-19(20(26)23-12-15-5-4-10-22-11-15)24(17)13-16-6-2-3-7-18(16)25/h2-11H,12-14H2,1H3,(H,23,26). The summed E-state index contributed by atoms with van der Waals surface area (Å²) in [4.78, 5) is 30.7. The quantitative estimate of drug-likeness (QED) is 0.763. The molecule has 3 aromatic rings. The predicted octanol–water partition coefficient (Wildman–Crippen LogP) is 2.95. The number of methoxy groups -OCH3 is 1. The molecule has 7 nitrogen and oxygen atoms in total. The molecule has 3 heterocycles. The molecule has 0 radical (unpaired) electrons. The predicted molar refractivity (Wildman–Crippen MR) is 104 cm³/mol. The fourth-order valence-corrected chi connectivity index (χ4v) is 3.41. The van der Waals surface area contributed by atoms with Gasteiger partial charge in [-0.05, 0) is 35.4 Å². The number of amides is 2. The highest BCUT2D eigenvalue weighted by molar-refractivity contribution is 5.93. The first kappa shape index (κ1) is 17.8. The Morgan fingerprint density at radius 3 is 2.75 bits per heavy atom. The van der Waals surface area contributed by atoms with Crippen molar-refractivity contribution in [1.29, 1.82) is 0 Å². The van der Waals surface area contributed by atoms with Crippen molar-refractivity contribution in [2.45, 2.75) is 19.6 Å². The van der Waals surface area contributed by atoms with Gasteiger partial charge in [0.05, 0.1) is 25.9 Å². The molecule has 1 aliphatic heterocycles. The number of hydrogen-bond donors (Lipinski definition) is 1. The fourth-order valence-electron chi connectivity index (χ4n) is 3.41. The minimum absolute atomic E-state index is 0.167. The number of anilines is 1. The van der Waals surface area contributed by atoms with Crippen LogP contribution < -0.4 is 10.2 Å². The molecule has 2 amide bonds. The van der Waals surface area contributed by atoms with Crippen LogP contribution in [0.2, 0.25) is 0 Å². The van der Waals surface area contributed by atoms with Crippen LogP contribution in [0.25, 0.3) is 0 Å². The van der Waals surface area contributed by atoms with Crippen LogP contribution in [0.4, 0.5) is 10.5 Å². The molecule has 0 atom stereocenters. The van der Waals surface area contributed by atoms with Crippen LogP contribution in [0.3, 0.4) is 0 Å². The molecule has 1 N–H and O–H groups in total. The minimum atomic E-state index is -0.426. The highest BCUT2D eigenvalue weighted by Crippen LogP contribution is 2.29. The molecule has 0 saturated carbocycles. The summed E-state index contributed by atoms with van der Waals surface area (Å²) in [6.45, 7) is 1.24. The lowest BCUT2D eigenvalue weighted by Crippen LogP contribution is -2.30. The second kappa shape index (κ2) is 7.56. The van der Waals surface area contributed by atoms with Gasteiger partial charge in [0.15, 0.2) is 0 Å². The van der Waals surface area contributed by atoms with Gasteiger partial charge in [0, 0.05) is 24.6 Å². The number of nitrogens with zero attached hydrogens (tertiary/aromatic N) is 3. The highest BCUT2D eigenvalue weighted by Gasteiger charge is 2.26. The average molecular weight is 376 g/mol. The number of carbonyl (C=O) groups excluding carboxylic acids is 2. The van der Waals surface area contributed by atoms with E-state index in [4.69, 9.17) is 4.74 Å². The molecule has 28 heavy (non-hydrogen) atoms. The molecule has 0 bridgehead atoms. The van der Waals surface area contributed by atoms with Crippen molar-refractivity contribution in [2.75, 3.05) is 12.0 Å². The number of hydrogen-bond acceptors (Lipinski definition) is 4. The van der Waals surface area contributed by atoms with Crippen LogP contribution in [0, 0.1) is 0 Å². The summed E-state index contributed by atoms with van der Waals surface area (Å²) in [5, 5.41) is 2.94. The number of pyridine rings is 1. The largest absolute Gasteiger partial charge is 0.452 e. The summed E-state index contributed by atoms with van der Waals surface area (Å²) in [7, 11) is 1.37. The van der Waals surface area contributed by atoms with Crippen molar-refractivity contribution in [3.63, 3.8) is 0 Å². The van der Waals surface area contributed by atoms with Crippen LogP contribution in [-0.2, 0) is 24.4 Å². The van der Waals surface area contributed by atoms with Gasteiger partial charge in [-0.2, -0.15) is 0 Å². The van der Waals surface area contributed by atoms with Crippen molar-refractivity contribution in [1.82, 2.24) is 14.9 Å². The highest BCUT2D eigenvalue weighted by atomic mass is 16.5. The number of fused-ring (bicyclic) bond motifs is 2. The van der Waals surface area contributed by atoms with Crippen LogP contribution in [0.1, 0.15) is 27.3 Å². The molecular formula is C21H20N4O3. The summed E-state index contributed by atoms with van der Waals surface area (Å²) in [5.74, 6) is -0.167. The van der Waals surface area contributed by atoms with Crippen molar-refractivity contribution in [2.24, 2.45) is 0 Å². The van der Waals surface area contributed by atoms with E-state index in [1.807, 2.05) is 47.0 Å². The third-order valence-electron chi connectivity index (χ3n) is 4.81. The zero-order valence-electron chi connectivity index (χ0n) is 15.5. The van der Waals surface area contributed by atoms with Crippen LogP contribution in [-0.4, -0.2) is 28.7 Å². The molecule has 142 valence electrons. The summed E-state index contributed by atoms with van der Waals surface area (Å²) < 4.78 is 6.90. The average Bonchev–Trinajstić information content (AvgIpc) is 3.05. The Labute approximate surface area is 162 Å². The number of para-hydroxylation sites is 1. The van der Waals surface area contributed by atoms with E-state index in [1.54, 1.807) is 23.4 Å². The molecule has 0 spiro atoms. The Balaban J connectivity index is 1.63.